The summed E-state index contributed by atoms with van der Waals surface area (Å²) in [5.74, 6) is -1.77. The zero-order valence-electron chi connectivity index (χ0n) is 24.5. The second-order valence-electron chi connectivity index (χ2n) is 10.5. The van der Waals surface area contributed by atoms with Gasteiger partial charge in [-0.15, -0.1) is 0 Å². The molecule has 2 amide bonds. The van der Waals surface area contributed by atoms with Crippen molar-refractivity contribution in [2.45, 2.75) is 31.6 Å². The fraction of sp³-hybridized carbons (Fsp3) is 0.273. The van der Waals surface area contributed by atoms with Gasteiger partial charge in [0.15, 0.2) is 5.16 Å². The van der Waals surface area contributed by atoms with E-state index in [4.69, 9.17) is 4.74 Å². The summed E-state index contributed by atoms with van der Waals surface area (Å²) in [6.07, 6.45) is 0. The number of rotatable bonds is 10. The number of carbonyl (C=O) groups excluding carboxylic acids is 2. The average molecular weight is 618 g/mol. The van der Waals surface area contributed by atoms with Crippen molar-refractivity contribution in [2.24, 2.45) is 0 Å². The standard InChI is InChI=1S/C33H33F2N5O3S/c1-22-19-23(2)37-33(36-22)44-21-30(41)40(20-24-3-7-26(34)8-4-24)31(25-5-9-27(35)10-6-25)32(42)38-28-11-13-29(14-12-28)39-15-17-43-18-16-39/h3-14,19,31H,15-18,20-21H2,1-2H3,(H,38,42). The fourth-order valence-electron chi connectivity index (χ4n) is 4.98. The number of aromatic nitrogens is 2. The molecule has 228 valence electrons. The van der Waals surface area contributed by atoms with Gasteiger partial charge in [0.2, 0.25) is 5.91 Å². The molecule has 1 atom stereocenters. The Hall–Kier alpha value is -4.35. The molecule has 8 nitrogen and oxygen atoms in total. The topological polar surface area (TPSA) is 87.7 Å². The first-order chi connectivity index (χ1) is 21.2. The Kier molecular flexibility index (Phi) is 10.2. The number of aryl methyl sites for hydroxylation is 2. The van der Waals surface area contributed by atoms with Crippen LogP contribution in [0.2, 0.25) is 0 Å². The largest absolute Gasteiger partial charge is 0.378 e. The number of nitrogens with zero attached hydrogens (tertiary/aromatic N) is 4. The Morgan fingerprint density at radius 2 is 1.50 bits per heavy atom. The molecule has 3 aromatic carbocycles. The summed E-state index contributed by atoms with van der Waals surface area (Å²) in [4.78, 5) is 40.4. The van der Waals surface area contributed by atoms with Crippen LogP contribution in [0, 0.1) is 25.5 Å². The van der Waals surface area contributed by atoms with Crippen LogP contribution < -0.4 is 10.2 Å². The molecule has 0 saturated carbocycles. The maximum Gasteiger partial charge on any atom is 0.251 e. The fourth-order valence-corrected chi connectivity index (χ4v) is 5.82. The third-order valence-electron chi connectivity index (χ3n) is 7.13. The van der Waals surface area contributed by atoms with Crippen LogP contribution in [0.1, 0.15) is 28.6 Å². The third-order valence-corrected chi connectivity index (χ3v) is 7.96. The highest BCUT2D eigenvalue weighted by Gasteiger charge is 2.32. The van der Waals surface area contributed by atoms with Crippen LogP contribution in [0.3, 0.4) is 0 Å². The Balaban J connectivity index is 1.44. The van der Waals surface area contributed by atoms with E-state index >= 15 is 0 Å². The number of carbonyl (C=O) groups is 2. The van der Waals surface area contributed by atoms with Crippen LogP contribution >= 0.6 is 11.8 Å². The zero-order chi connectivity index (χ0) is 31.1. The van der Waals surface area contributed by atoms with Gasteiger partial charge in [-0.2, -0.15) is 0 Å². The van der Waals surface area contributed by atoms with Crippen molar-refractivity contribution in [3.63, 3.8) is 0 Å². The molecule has 0 aliphatic carbocycles. The zero-order valence-corrected chi connectivity index (χ0v) is 25.3. The van der Waals surface area contributed by atoms with Crippen LogP contribution in [-0.4, -0.2) is 58.7 Å². The van der Waals surface area contributed by atoms with E-state index in [1.807, 2.05) is 44.2 Å². The van der Waals surface area contributed by atoms with Gasteiger partial charge < -0.3 is 19.9 Å². The maximum absolute atomic E-state index is 14.0. The van der Waals surface area contributed by atoms with Crippen molar-refractivity contribution >= 4 is 35.0 Å². The lowest BCUT2D eigenvalue weighted by Crippen LogP contribution is -2.42. The Morgan fingerprint density at radius 1 is 0.909 bits per heavy atom. The van der Waals surface area contributed by atoms with Gasteiger partial charge in [-0.3, -0.25) is 9.59 Å². The minimum atomic E-state index is -1.12. The molecule has 2 heterocycles. The van der Waals surface area contributed by atoms with Gasteiger partial charge in [0.05, 0.1) is 19.0 Å². The van der Waals surface area contributed by atoms with Crippen LogP contribution in [0.25, 0.3) is 0 Å². The first kappa shape index (κ1) is 31.1. The first-order valence-corrected chi connectivity index (χ1v) is 15.2. The minimum Gasteiger partial charge on any atom is -0.378 e. The van der Waals surface area contributed by atoms with Gasteiger partial charge in [-0.05, 0) is 79.6 Å². The quantitative estimate of drug-likeness (QED) is 0.180. The van der Waals surface area contributed by atoms with E-state index in [-0.39, 0.29) is 18.2 Å². The highest BCUT2D eigenvalue weighted by molar-refractivity contribution is 7.99. The summed E-state index contributed by atoms with van der Waals surface area (Å²) in [5, 5.41) is 3.39. The van der Waals surface area contributed by atoms with Gasteiger partial charge in [0, 0.05) is 42.4 Å². The van der Waals surface area contributed by atoms with Crippen molar-refractivity contribution in [1.82, 2.24) is 14.9 Å². The molecule has 1 aliphatic heterocycles. The summed E-state index contributed by atoms with van der Waals surface area (Å²) >= 11 is 1.17. The van der Waals surface area contributed by atoms with Crippen LogP contribution in [-0.2, 0) is 20.9 Å². The van der Waals surface area contributed by atoms with Gasteiger partial charge in [0.25, 0.3) is 5.91 Å². The van der Waals surface area contributed by atoms with E-state index in [0.29, 0.717) is 35.2 Å². The normalized spacial score (nSPS) is 13.8. The highest BCUT2D eigenvalue weighted by Crippen LogP contribution is 2.28. The van der Waals surface area contributed by atoms with Crippen molar-refractivity contribution in [3.05, 3.63) is 113 Å². The molecular formula is C33H33F2N5O3S. The first-order valence-electron chi connectivity index (χ1n) is 14.2. The number of morpholine rings is 1. The van der Waals surface area contributed by atoms with Gasteiger partial charge in [-0.25, -0.2) is 18.7 Å². The molecule has 0 spiro atoms. The van der Waals surface area contributed by atoms with Gasteiger partial charge in [-0.1, -0.05) is 36.0 Å². The van der Waals surface area contributed by atoms with Gasteiger partial charge >= 0.3 is 0 Å². The summed E-state index contributed by atoms with van der Waals surface area (Å²) < 4.78 is 33.1. The summed E-state index contributed by atoms with van der Waals surface area (Å²) in [5.41, 5.74) is 4.17. The van der Waals surface area contributed by atoms with Crippen LogP contribution in [0.15, 0.2) is 84.0 Å². The number of hydrogen-bond acceptors (Lipinski definition) is 7. The molecule has 1 saturated heterocycles. The average Bonchev–Trinajstić information content (AvgIpc) is 3.02. The number of amides is 2. The number of thioether (sulfide) groups is 1. The molecule has 4 aromatic rings. The van der Waals surface area contributed by atoms with Crippen molar-refractivity contribution in [1.29, 1.82) is 0 Å². The predicted octanol–water partition coefficient (Wildman–Crippen LogP) is 5.71. The van der Waals surface area contributed by atoms with E-state index in [1.165, 1.54) is 53.1 Å². The lowest BCUT2D eigenvalue weighted by atomic mass is 10.0. The minimum absolute atomic E-state index is 0.0127. The second kappa shape index (κ2) is 14.4. The molecule has 44 heavy (non-hydrogen) atoms. The number of ether oxygens (including phenoxy) is 1. The Bertz CT molecular complexity index is 1560. The van der Waals surface area contributed by atoms with E-state index in [1.54, 1.807) is 12.1 Å². The summed E-state index contributed by atoms with van der Waals surface area (Å²) in [6, 6.07) is 19.4. The van der Waals surface area contributed by atoms with Crippen molar-refractivity contribution < 1.29 is 23.1 Å². The molecule has 5 rings (SSSR count). The lowest BCUT2D eigenvalue weighted by Gasteiger charge is -2.32. The smallest absolute Gasteiger partial charge is 0.251 e. The van der Waals surface area contributed by atoms with E-state index in [9.17, 15) is 18.4 Å². The van der Waals surface area contributed by atoms with E-state index in [0.717, 1.165) is 30.2 Å². The molecule has 1 N–H and O–H groups in total. The lowest BCUT2D eigenvalue weighted by molar-refractivity contribution is -0.137. The van der Waals surface area contributed by atoms with Crippen molar-refractivity contribution in [2.75, 3.05) is 42.3 Å². The third kappa shape index (κ3) is 8.18. The number of halogens is 2. The monoisotopic (exact) mass is 617 g/mol. The SMILES string of the molecule is Cc1cc(C)nc(SCC(=O)N(Cc2ccc(F)cc2)C(C(=O)Nc2ccc(N3CCOCC3)cc2)c2ccc(F)cc2)n1. The highest BCUT2D eigenvalue weighted by atomic mass is 32.2. The van der Waals surface area contributed by atoms with Crippen LogP contribution in [0.4, 0.5) is 20.2 Å². The Labute approximate surface area is 259 Å². The number of nitrogens with one attached hydrogen (secondary N) is 1. The molecule has 1 aromatic heterocycles. The molecule has 11 heteroatoms. The van der Waals surface area contributed by atoms with E-state index in [2.05, 4.69) is 20.2 Å². The molecule has 1 aliphatic rings. The van der Waals surface area contributed by atoms with Gasteiger partial charge in [0.1, 0.15) is 17.7 Å². The number of benzene rings is 3. The molecule has 1 unspecified atom stereocenters. The predicted molar refractivity (Wildman–Crippen MR) is 166 cm³/mol. The molecule has 1 fully saturated rings. The molecule has 0 radical (unpaired) electrons. The maximum atomic E-state index is 14.0. The summed E-state index contributed by atoms with van der Waals surface area (Å²) in [6.45, 7) is 6.59. The number of hydrogen-bond donors (Lipinski definition) is 1. The summed E-state index contributed by atoms with van der Waals surface area (Å²) in [7, 11) is 0. The molecular weight excluding hydrogens is 584 g/mol. The second-order valence-corrected chi connectivity index (χ2v) is 11.4. The molecule has 0 bridgehead atoms. The van der Waals surface area contributed by atoms with E-state index < -0.39 is 23.6 Å². The number of anilines is 2. The van der Waals surface area contributed by atoms with Crippen LogP contribution in [0.5, 0.6) is 0 Å². The van der Waals surface area contributed by atoms with Crippen molar-refractivity contribution in [3.8, 4) is 0 Å². The Morgan fingerprint density at radius 3 is 2.11 bits per heavy atom.